The van der Waals surface area contributed by atoms with Crippen LogP contribution in [-0.4, -0.2) is 34.6 Å². The zero-order valence-corrected chi connectivity index (χ0v) is 16.2. The normalized spacial score (nSPS) is 15.0. The highest BCUT2D eigenvalue weighted by atomic mass is 32.2. The fourth-order valence-electron chi connectivity index (χ4n) is 3.23. The Morgan fingerprint density at radius 3 is 2.79 bits per heavy atom. The second-order valence-electron chi connectivity index (χ2n) is 6.73. The first-order chi connectivity index (χ1) is 13.4. The van der Waals surface area contributed by atoms with E-state index < -0.39 is 9.84 Å². The molecule has 1 aromatic carbocycles. The van der Waals surface area contributed by atoms with Crippen LogP contribution in [0.5, 0.6) is 0 Å². The highest BCUT2D eigenvalue weighted by Gasteiger charge is 2.23. The first-order valence-corrected chi connectivity index (χ1v) is 10.9. The van der Waals surface area contributed by atoms with Crippen LogP contribution in [0, 0.1) is 0 Å². The summed E-state index contributed by atoms with van der Waals surface area (Å²) < 4.78 is 25.3. The molecule has 0 spiro atoms. The number of aromatic nitrogens is 3. The van der Waals surface area contributed by atoms with Gasteiger partial charge < -0.3 is 4.57 Å². The zero-order chi connectivity index (χ0) is 19.7. The molecule has 0 bridgehead atoms. The van der Waals surface area contributed by atoms with Gasteiger partial charge in [-0.25, -0.2) is 13.4 Å². The van der Waals surface area contributed by atoms with Gasteiger partial charge in [0, 0.05) is 24.5 Å². The Labute approximate surface area is 163 Å². The molecule has 1 amide bonds. The van der Waals surface area contributed by atoms with E-state index >= 15 is 0 Å². The quantitative estimate of drug-likeness (QED) is 0.732. The number of pyridine rings is 1. The molecule has 7 nitrogen and oxygen atoms in total. The number of anilines is 1. The van der Waals surface area contributed by atoms with Crippen molar-refractivity contribution in [2.75, 3.05) is 11.1 Å². The van der Waals surface area contributed by atoms with E-state index in [0.29, 0.717) is 30.2 Å². The molecule has 3 heterocycles. The Morgan fingerprint density at radius 1 is 1.25 bits per heavy atom. The number of benzene rings is 1. The van der Waals surface area contributed by atoms with Crippen LogP contribution in [0.15, 0.2) is 48.8 Å². The van der Waals surface area contributed by atoms with Gasteiger partial charge in [0.25, 0.3) is 5.91 Å². The molecule has 0 radical (unpaired) electrons. The van der Waals surface area contributed by atoms with E-state index in [-0.39, 0.29) is 17.4 Å². The summed E-state index contributed by atoms with van der Waals surface area (Å²) in [5, 5.41) is 2.85. The summed E-state index contributed by atoms with van der Waals surface area (Å²) in [4.78, 5) is 21.5. The maximum atomic E-state index is 12.7. The van der Waals surface area contributed by atoms with E-state index in [1.54, 1.807) is 6.07 Å². The lowest BCUT2D eigenvalue weighted by atomic mass is 10.1. The van der Waals surface area contributed by atoms with Gasteiger partial charge in [0.1, 0.15) is 0 Å². The number of amides is 1. The predicted molar refractivity (Wildman–Crippen MR) is 107 cm³/mol. The lowest BCUT2D eigenvalue weighted by Gasteiger charge is -2.16. The summed E-state index contributed by atoms with van der Waals surface area (Å²) in [6.07, 6.45) is 3.71. The van der Waals surface area contributed by atoms with Crippen LogP contribution >= 0.6 is 0 Å². The van der Waals surface area contributed by atoms with E-state index in [9.17, 15) is 13.2 Å². The molecular formula is C20H20N4O3S. The molecule has 0 unspecified atom stereocenters. The molecule has 1 aliphatic heterocycles. The van der Waals surface area contributed by atoms with Gasteiger partial charge in [0.05, 0.1) is 28.5 Å². The number of nitrogens with one attached hydrogen (secondary N) is 1. The molecule has 3 aromatic rings. The van der Waals surface area contributed by atoms with E-state index in [0.717, 1.165) is 16.8 Å². The summed E-state index contributed by atoms with van der Waals surface area (Å²) in [5.41, 5.74) is 3.49. The number of sulfone groups is 1. The zero-order valence-electron chi connectivity index (χ0n) is 15.4. The third-order valence-electron chi connectivity index (χ3n) is 4.77. The van der Waals surface area contributed by atoms with Crippen LogP contribution < -0.4 is 5.32 Å². The first-order valence-electron chi connectivity index (χ1n) is 9.07. The van der Waals surface area contributed by atoms with Gasteiger partial charge in [-0.1, -0.05) is 30.3 Å². The number of fused-ring (bicyclic) bond motifs is 1. The van der Waals surface area contributed by atoms with E-state index in [1.807, 2.05) is 48.0 Å². The van der Waals surface area contributed by atoms with E-state index in [2.05, 4.69) is 15.3 Å². The van der Waals surface area contributed by atoms with E-state index in [4.69, 9.17) is 0 Å². The smallest absolute Gasteiger partial charge is 0.259 e. The molecule has 4 rings (SSSR count). The number of carbonyl (C=O) groups is 1. The molecule has 8 heteroatoms. The second kappa shape index (κ2) is 7.20. The summed E-state index contributed by atoms with van der Waals surface area (Å²) in [6.45, 7) is 2.64. The molecule has 2 aromatic heterocycles. The van der Waals surface area contributed by atoms with Crippen LogP contribution in [-0.2, 0) is 28.6 Å². The van der Waals surface area contributed by atoms with Crippen molar-refractivity contribution in [2.45, 2.75) is 25.6 Å². The highest BCUT2D eigenvalue weighted by molar-refractivity contribution is 7.90. The minimum absolute atomic E-state index is 0.0646. The van der Waals surface area contributed by atoms with Gasteiger partial charge in [0.2, 0.25) is 5.95 Å². The van der Waals surface area contributed by atoms with Gasteiger partial charge in [-0.15, -0.1) is 0 Å². The maximum absolute atomic E-state index is 12.7. The Balaban J connectivity index is 1.58. The third kappa shape index (κ3) is 3.68. The Hall–Kier alpha value is -3.00. The van der Waals surface area contributed by atoms with Gasteiger partial charge in [0.15, 0.2) is 9.84 Å². The van der Waals surface area contributed by atoms with Crippen molar-refractivity contribution in [3.05, 3.63) is 65.6 Å². The summed E-state index contributed by atoms with van der Waals surface area (Å²) in [5.74, 6) is 0.175. The minimum Gasteiger partial charge on any atom is -0.317 e. The second-order valence-corrected chi connectivity index (χ2v) is 8.91. The van der Waals surface area contributed by atoms with Crippen LogP contribution in [0.2, 0.25) is 0 Å². The summed E-state index contributed by atoms with van der Waals surface area (Å²) in [6, 6.07) is 11.5. The summed E-state index contributed by atoms with van der Waals surface area (Å²) in [7, 11) is -3.09. The molecule has 0 aliphatic carbocycles. The molecule has 28 heavy (non-hydrogen) atoms. The van der Waals surface area contributed by atoms with Crippen molar-refractivity contribution in [3.63, 3.8) is 0 Å². The number of hydrogen-bond acceptors (Lipinski definition) is 5. The van der Waals surface area contributed by atoms with Crippen LogP contribution in [0.3, 0.4) is 0 Å². The average Bonchev–Trinajstić information content (AvgIpc) is 3.10. The Bertz CT molecular complexity index is 1140. The first kappa shape index (κ1) is 18.4. The lowest BCUT2D eigenvalue weighted by molar-refractivity contribution is 0.102. The van der Waals surface area contributed by atoms with Gasteiger partial charge in [-0.3, -0.25) is 15.1 Å². The topological polar surface area (TPSA) is 93.9 Å². The van der Waals surface area contributed by atoms with Crippen LogP contribution in [0.1, 0.15) is 28.5 Å². The Morgan fingerprint density at radius 2 is 2.04 bits per heavy atom. The molecular weight excluding hydrogens is 376 g/mol. The fraction of sp³-hybridized carbons (Fsp3) is 0.250. The minimum atomic E-state index is -3.09. The monoisotopic (exact) mass is 396 g/mol. The molecule has 0 saturated heterocycles. The lowest BCUT2D eigenvalue weighted by Crippen LogP contribution is -2.22. The highest BCUT2D eigenvalue weighted by Crippen LogP contribution is 2.23. The largest absolute Gasteiger partial charge is 0.317 e. The number of imidazole rings is 1. The molecule has 144 valence electrons. The van der Waals surface area contributed by atoms with E-state index in [1.165, 1.54) is 6.20 Å². The number of carbonyl (C=O) groups excluding carboxylic acids is 1. The molecule has 1 N–H and O–H groups in total. The molecule has 1 aliphatic rings. The maximum Gasteiger partial charge on any atom is 0.259 e. The Kier molecular flexibility index (Phi) is 4.72. The van der Waals surface area contributed by atoms with Crippen molar-refractivity contribution >= 4 is 21.7 Å². The van der Waals surface area contributed by atoms with Gasteiger partial charge >= 0.3 is 0 Å². The van der Waals surface area contributed by atoms with Crippen molar-refractivity contribution in [2.24, 2.45) is 0 Å². The predicted octanol–water partition coefficient (Wildman–Crippen LogP) is 2.69. The SMILES string of the molecule is CCn1cc(-c2ccccc2)nc1NC(=O)c1cnc2c(c1)CCS(=O)(=O)C2. The average molecular weight is 396 g/mol. The number of hydrogen-bond donors (Lipinski definition) is 1. The van der Waals surface area contributed by atoms with Crippen LogP contribution in [0.4, 0.5) is 5.95 Å². The fourth-order valence-corrected chi connectivity index (χ4v) is 4.59. The number of aryl methyl sites for hydroxylation is 2. The standard InChI is InChI=1S/C20H20N4O3S/c1-2-24-12-17(14-6-4-3-5-7-14)22-20(24)23-19(25)16-10-15-8-9-28(26,27)13-18(15)21-11-16/h3-7,10-12H,2,8-9,13H2,1H3,(H,22,23,25). The van der Waals surface area contributed by atoms with Gasteiger partial charge in [-0.05, 0) is 25.0 Å². The van der Waals surface area contributed by atoms with Crippen LogP contribution in [0.25, 0.3) is 11.3 Å². The van der Waals surface area contributed by atoms with Crippen molar-refractivity contribution in [3.8, 4) is 11.3 Å². The molecule has 0 saturated carbocycles. The molecule has 0 fully saturated rings. The van der Waals surface area contributed by atoms with Crippen molar-refractivity contribution in [1.29, 1.82) is 0 Å². The summed E-state index contributed by atoms with van der Waals surface area (Å²) >= 11 is 0. The molecule has 0 atom stereocenters. The van der Waals surface area contributed by atoms with Crippen molar-refractivity contribution in [1.82, 2.24) is 14.5 Å². The van der Waals surface area contributed by atoms with Crippen molar-refractivity contribution < 1.29 is 13.2 Å². The number of nitrogens with zero attached hydrogens (tertiary/aromatic N) is 3. The third-order valence-corrected chi connectivity index (χ3v) is 6.31. The number of rotatable bonds is 4. The van der Waals surface area contributed by atoms with Gasteiger partial charge in [-0.2, -0.15) is 0 Å².